The number of anilines is 1. The molecule has 34 heavy (non-hydrogen) atoms. The Kier molecular flexibility index (Phi) is 5.62. The van der Waals surface area contributed by atoms with E-state index in [2.05, 4.69) is 15.2 Å². The maximum absolute atomic E-state index is 13.5. The molecule has 1 saturated carbocycles. The highest BCUT2D eigenvalue weighted by atomic mass is 32.2. The Balaban J connectivity index is 1.49. The number of nitrogens with two attached hydrogens (primary N) is 1. The van der Waals surface area contributed by atoms with E-state index in [-0.39, 0.29) is 29.0 Å². The first-order chi connectivity index (χ1) is 16.4. The van der Waals surface area contributed by atoms with Gasteiger partial charge in [0.25, 0.3) is 5.56 Å². The molecule has 1 aliphatic carbocycles. The minimum Gasteiger partial charge on any atom is -0.384 e. The fourth-order valence-electron chi connectivity index (χ4n) is 3.69. The van der Waals surface area contributed by atoms with Crippen LogP contribution in [0.1, 0.15) is 29.2 Å². The third-order valence-corrected chi connectivity index (χ3v) is 6.38. The van der Waals surface area contributed by atoms with Crippen LogP contribution in [0, 0.1) is 5.82 Å². The topological polar surface area (TPSA) is 129 Å². The lowest BCUT2D eigenvalue weighted by atomic mass is 10.2. The Bertz CT molecular complexity index is 1490. The fourth-order valence-corrected chi connectivity index (χ4v) is 4.52. The van der Waals surface area contributed by atoms with Gasteiger partial charge in [-0.1, -0.05) is 42.1 Å². The quantitative estimate of drug-likeness (QED) is 0.309. The molecule has 0 spiro atoms. The molecule has 0 atom stereocenters. The zero-order valence-corrected chi connectivity index (χ0v) is 18.6. The van der Waals surface area contributed by atoms with Crippen LogP contribution >= 0.6 is 11.8 Å². The number of ketones is 1. The second kappa shape index (κ2) is 8.75. The van der Waals surface area contributed by atoms with Gasteiger partial charge >= 0.3 is 5.69 Å². The Labute approximate surface area is 196 Å². The van der Waals surface area contributed by atoms with Crippen molar-refractivity contribution in [2.45, 2.75) is 24.0 Å². The summed E-state index contributed by atoms with van der Waals surface area (Å²) in [5, 5.41) is 8.89. The van der Waals surface area contributed by atoms with E-state index in [1.54, 1.807) is 16.7 Å². The standard InChI is InChI=1S/C23H19FN6O3S/c24-14-6-8-16(9-7-14)30-20(13-4-2-1-3-5-13)27-28-23(30)34-12-17(31)18-19(25)29(15-10-11-15)22(33)26-21(18)32/h1-9,15H,10-12,25H2,(H,26,32,33). The first kappa shape index (κ1) is 21.8. The van der Waals surface area contributed by atoms with Gasteiger partial charge in [0.15, 0.2) is 16.8 Å². The van der Waals surface area contributed by atoms with Crippen LogP contribution in [0.2, 0.25) is 0 Å². The zero-order chi connectivity index (χ0) is 23.8. The number of benzene rings is 2. The van der Waals surface area contributed by atoms with Gasteiger partial charge in [0.05, 0.1) is 5.75 Å². The van der Waals surface area contributed by atoms with Crippen LogP contribution in [-0.2, 0) is 0 Å². The monoisotopic (exact) mass is 478 g/mol. The molecule has 4 aromatic rings. The molecule has 0 amide bonds. The number of thioether (sulfide) groups is 1. The van der Waals surface area contributed by atoms with E-state index >= 15 is 0 Å². The number of nitrogens with one attached hydrogen (secondary N) is 1. The lowest BCUT2D eigenvalue weighted by molar-refractivity contribution is 0.102. The van der Waals surface area contributed by atoms with E-state index in [1.165, 1.54) is 16.7 Å². The van der Waals surface area contributed by atoms with E-state index in [4.69, 9.17) is 5.73 Å². The summed E-state index contributed by atoms with van der Waals surface area (Å²) in [5.74, 6) is -0.686. The number of rotatable bonds is 7. The minimum absolute atomic E-state index is 0.0986. The third kappa shape index (κ3) is 4.05. The van der Waals surface area contributed by atoms with Crippen molar-refractivity contribution in [3.05, 3.63) is 86.8 Å². The highest BCUT2D eigenvalue weighted by Crippen LogP contribution is 2.35. The molecule has 2 aromatic carbocycles. The number of hydrogen-bond donors (Lipinski definition) is 2. The van der Waals surface area contributed by atoms with Crippen LogP contribution in [0.25, 0.3) is 17.1 Å². The molecular weight excluding hydrogens is 459 g/mol. The number of Topliss-reactive ketones (excluding diaryl/α,β-unsaturated/α-hetero) is 1. The van der Waals surface area contributed by atoms with Crippen LogP contribution in [-0.4, -0.2) is 35.9 Å². The van der Waals surface area contributed by atoms with E-state index in [0.29, 0.717) is 16.7 Å². The number of aromatic nitrogens is 5. The Morgan fingerprint density at radius 3 is 2.47 bits per heavy atom. The highest BCUT2D eigenvalue weighted by Gasteiger charge is 2.30. The zero-order valence-electron chi connectivity index (χ0n) is 17.8. The average Bonchev–Trinajstić information content (AvgIpc) is 3.56. The molecule has 11 heteroatoms. The molecule has 2 aromatic heterocycles. The van der Waals surface area contributed by atoms with Crippen LogP contribution < -0.4 is 17.0 Å². The molecule has 2 heterocycles. The molecule has 0 unspecified atom stereocenters. The van der Waals surface area contributed by atoms with E-state index in [1.807, 2.05) is 30.3 Å². The predicted octanol–water partition coefficient (Wildman–Crippen LogP) is 2.82. The number of hydrogen-bond acceptors (Lipinski definition) is 7. The minimum atomic E-state index is -0.810. The van der Waals surface area contributed by atoms with Crippen molar-refractivity contribution < 1.29 is 9.18 Å². The summed E-state index contributed by atoms with van der Waals surface area (Å²) in [6.07, 6.45) is 1.53. The SMILES string of the molecule is Nc1c(C(=O)CSc2nnc(-c3ccccc3)n2-c2ccc(F)cc2)c(=O)[nH]c(=O)n1C1CC1. The normalized spacial score (nSPS) is 13.2. The summed E-state index contributed by atoms with van der Waals surface area (Å²) >= 11 is 1.07. The van der Waals surface area contributed by atoms with Crippen molar-refractivity contribution in [3.8, 4) is 17.1 Å². The Morgan fingerprint density at radius 2 is 1.79 bits per heavy atom. The largest absolute Gasteiger partial charge is 0.384 e. The number of halogens is 1. The second-order valence-electron chi connectivity index (χ2n) is 7.82. The Morgan fingerprint density at radius 1 is 1.09 bits per heavy atom. The maximum atomic E-state index is 13.5. The molecule has 1 aliphatic rings. The van der Waals surface area contributed by atoms with E-state index in [0.717, 1.165) is 30.2 Å². The van der Waals surface area contributed by atoms with Gasteiger partial charge in [-0.2, -0.15) is 0 Å². The molecule has 5 rings (SSSR count). The molecule has 172 valence electrons. The summed E-state index contributed by atoms with van der Waals surface area (Å²) in [5.41, 5.74) is 5.79. The van der Waals surface area contributed by atoms with E-state index < -0.39 is 17.0 Å². The van der Waals surface area contributed by atoms with Gasteiger partial charge in [-0.15, -0.1) is 10.2 Å². The van der Waals surface area contributed by atoms with Gasteiger partial charge in [-0.25, -0.2) is 9.18 Å². The van der Waals surface area contributed by atoms with Gasteiger partial charge in [-0.3, -0.25) is 23.7 Å². The van der Waals surface area contributed by atoms with Crippen LogP contribution in [0.3, 0.4) is 0 Å². The smallest absolute Gasteiger partial charge is 0.330 e. The van der Waals surface area contributed by atoms with Crippen molar-refractivity contribution in [3.63, 3.8) is 0 Å². The molecule has 0 aliphatic heterocycles. The number of nitrogen functional groups attached to an aromatic ring is 1. The van der Waals surface area contributed by atoms with E-state index in [9.17, 15) is 18.8 Å². The summed E-state index contributed by atoms with van der Waals surface area (Å²) < 4.78 is 16.5. The van der Waals surface area contributed by atoms with Gasteiger partial charge < -0.3 is 5.73 Å². The number of carbonyl (C=O) groups is 1. The summed E-state index contributed by atoms with van der Waals surface area (Å²) in [6, 6.07) is 15.1. The van der Waals surface area contributed by atoms with Crippen molar-refractivity contribution in [1.82, 2.24) is 24.3 Å². The van der Waals surface area contributed by atoms with Gasteiger partial charge in [-0.05, 0) is 37.1 Å². The Hall–Kier alpha value is -3.99. The number of H-pyrrole nitrogens is 1. The van der Waals surface area contributed by atoms with Crippen LogP contribution in [0.4, 0.5) is 10.2 Å². The molecule has 0 bridgehead atoms. The third-order valence-electron chi connectivity index (χ3n) is 5.46. The summed E-state index contributed by atoms with van der Waals surface area (Å²) in [6.45, 7) is 0. The number of aromatic amines is 1. The predicted molar refractivity (Wildman–Crippen MR) is 126 cm³/mol. The molecule has 0 saturated heterocycles. The van der Waals surface area contributed by atoms with Crippen molar-refractivity contribution in [1.29, 1.82) is 0 Å². The van der Waals surface area contributed by atoms with Crippen molar-refractivity contribution >= 4 is 23.4 Å². The van der Waals surface area contributed by atoms with Gasteiger partial charge in [0, 0.05) is 17.3 Å². The first-order valence-electron chi connectivity index (χ1n) is 10.5. The van der Waals surface area contributed by atoms with Gasteiger partial charge in [0.2, 0.25) is 0 Å². The average molecular weight is 479 g/mol. The van der Waals surface area contributed by atoms with Gasteiger partial charge in [0.1, 0.15) is 17.2 Å². The molecular formula is C23H19FN6O3S. The fraction of sp³-hybridized carbons (Fsp3) is 0.174. The lowest BCUT2D eigenvalue weighted by Crippen LogP contribution is -2.36. The molecule has 3 N–H and O–H groups in total. The van der Waals surface area contributed by atoms with Crippen molar-refractivity contribution in [2.24, 2.45) is 0 Å². The molecule has 0 radical (unpaired) electrons. The van der Waals surface area contributed by atoms with Crippen LogP contribution in [0.15, 0.2) is 69.3 Å². The summed E-state index contributed by atoms with van der Waals surface area (Å²) in [4.78, 5) is 39.7. The van der Waals surface area contributed by atoms with Crippen LogP contribution in [0.5, 0.6) is 0 Å². The maximum Gasteiger partial charge on any atom is 0.330 e. The first-order valence-corrected chi connectivity index (χ1v) is 11.5. The van der Waals surface area contributed by atoms with Crippen molar-refractivity contribution in [2.75, 3.05) is 11.5 Å². The highest BCUT2D eigenvalue weighted by molar-refractivity contribution is 7.99. The summed E-state index contributed by atoms with van der Waals surface area (Å²) in [7, 11) is 0. The number of nitrogens with zero attached hydrogens (tertiary/aromatic N) is 4. The molecule has 1 fully saturated rings. The number of carbonyl (C=O) groups excluding carboxylic acids is 1. The molecule has 9 nitrogen and oxygen atoms in total. The second-order valence-corrected chi connectivity index (χ2v) is 8.76. The lowest BCUT2D eigenvalue weighted by Gasteiger charge is -2.12.